The van der Waals surface area contributed by atoms with Gasteiger partial charge in [0.25, 0.3) is 0 Å². The van der Waals surface area contributed by atoms with Crippen LogP contribution in [0.5, 0.6) is 5.75 Å². The summed E-state index contributed by atoms with van der Waals surface area (Å²) < 4.78 is 0. The van der Waals surface area contributed by atoms with Crippen molar-refractivity contribution in [3.05, 3.63) is 29.3 Å². The Labute approximate surface area is 114 Å². The zero-order valence-electron chi connectivity index (χ0n) is 11.7. The average Bonchev–Trinajstić information content (AvgIpc) is 2.27. The van der Waals surface area contributed by atoms with Crippen LogP contribution in [0.1, 0.15) is 38.8 Å². The quantitative estimate of drug-likeness (QED) is 0.863. The highest BCUT2D eigenvalue weighted by Gasteiger charge is 2.43. The van der Waals surface area contributed by atoms with Crippen molar-refractivity contribution >= 4 is 11.8 Å². The number of phenols is 1. The minimum Gasteiger partial charge on any atom is -0.508 e. The number of fused-ring (bicyclic) bond motifs is 1. The molecule has 2 nitrogen and oxygen atoms in total. The van der Waals surface area contributed by atoms with Crippen LogP contribution in [0.4, 0.5) is 0 Å². The number of rotatable bonds is 2. The lowest BCUT2D eigenvalue weighted by Gasteiger charge is -2.41. The fourth-order valence-corrected chi connectivity index (χ4v) is 4.36. The van der Waals surface area contributed by atoms with E-state index < -0.39 is 0 Å². The number of benzene rings is 1. The zero-order chi connectivity index (χ0) is 13.5. The minimum atomic E-state index is 0.0267. The molecule has 1 aliphatic carbocycles. The van der Waals surface area contributed by atoms with E-state index in [4.69, 9.17) is 0 Å². The van der Waals surface area contributed by atoms with Gasteiger partial charge in [-0.1, -0.05) is 33.8 Å². The van der Waals surface area contributed by atoms with Gasteiger partial charge in [0.15, 0.2) is 0 Å². The van der Waals surface area contributed by atoms with Crippen molar-refractivity contribution in [1.82, 2.24) is 0 Å². The Bertz CT molecular complexity index is 442. The van der Waals surface area contributed by atoms with Crippen LogP contribution in [0, 0.1) is 0 Å². The van der Waals surface area contributed by atoms with Crippen LogP contribution in [0.2, 0.25) is 0 Å². The maximum absolute atomic E-state index is 9.69. The molecule has 0 saturated carbocycles. The van der Waals surface area contributed by atoms with E-state index >= 15 is 0 Å². The number of quaternary nitrogens is 1. The van der Waals surface area contributed by atoms with Crippen LogP contribution in [0.15, 0.2) is 18.2 Å². The topological polar surface area (TPSA) is 47.9 Å². The summed E-state index contributed by atoms with van der Waals surface area (Å²) in [7, 11) is 0. The molecule has 2 rings (SSSR count). The molecule has 0 spiro atoms. The minimum absolute atomic E-state index is 0.0267. The summed E-state index contributed by atoms with van der Waals surface area (Å²) in [6, 6.07) is 6.17. The Kier molecular flexibility index (Phi) is 3.65. The van der Waals surface area contributed by atoms with Gasteiger partial charge >= 0.3 is 0 Å². The van der Waals surface area contributed by atoms with Crippen LogP contribution in [-0.4, -0.2) is 21.6 Å². The summed E-state index contributed by atoms with van der Waals surface area (Å²) in [6.45, 7) is 8.99. The molecule has 0 saturated heterocycles. The average molecular weight is 266 g/mol. The van der Waals surface area contributed by atoms with Gasteiger partial charge in [0.1, 0.15) is 11.8 Å². The van der Waals surface area contributed by atoms with Crippen molar-refractivity contribution in [3.63, 3.8) is 0 Å². The summed E-state index contributed by atoms with van der Waals surface area (Å²) >= 11 is 2.03. The Morgan fingerprint density at radius 1 is 1.39 bits per heavy atom. The van der Waals surface area contributed by atoms with Gasteiger partial charge in [-0.15, -0.1) is 11.8 Å². The SMILES string of the molecule is CC(C)SC1Cc2ccc(O)cc2C(C)(C)C1[NH3+]. The molecule has 0 aliphatic heterocycles. The molecule has 0 fully saturated rings. The van der Waals surface area contributed by atoms with E-state index in [2.05, 4.69) is 39.5 Å². The third-order valence-corrected chi connectivity index (χ3v) is 5.42. The second kappa shape index (κ2) is 4.78. The summed E-state index contributed by atoms with van der Waals surface area (Å²) in [5, 5.41) is 10.9. The molecule has 18 heavy (non-hydrogen) atoms. The smallest absolute Gasteiger partial charge is 0.115 e. The molecule has 1 aliphatic rings. The van der Waals surface area contributed by atoms with E-state index in [1.807, 2.05) is 17.8 Å². The summed E-state index contributed by atoms with van der Waals surface area (Å²) in [5.74, 6) is 0.365. The van der Waals surface area contributed by atoms with Crippen LogP contribution >= 0.6 is 11.8 Å². The van der Waals surface area contributed by atoms with Gasteiger partial charge in [-0.25, -0.2) is 0 Å². The number of phenolic OH excluding ortho intramolecular Hbond substituents is 1. The number of hydrogen-bond acceptors (Lipinski definition) is 2. The molecule has 3 heteroatoms. The standard InChI is InChI=1S/C15H23NOS/c1-9(2)18-13-7-10-5-6-11(17)8-12(10)15(3,4)14(13)16/h5-6,8-9,13-14,17H,7,16H2,1-4H3/p+1. The van der Waals surface area contributed by atoms with E-state index in [1.54, 1.807) is 6.07 Å². The van der Waals surface area contributed by atoms with E-state index in [0.717, 1.165) is 6.42 Å². The van der Waals surface area contributed by atoms with E-state index in [0.29, 0.717) is 22.3 Å². The van der Waals surface area contributed by atoms with E-state index in [9.17, 15) is 5.11 Å². The highest BCUT2D eigenvalue weighted by molar-refractivity contribution is 8.00. The van der Waals surface area contributed by atoms with Crippen LogP contribution < -0.4 is 5.73 Å². The van der Waals surface area contributed by atoms with Crippen molar-refractivity contribution in [1.29, 1.82) is 0 Å². The Hall–Kier alpha value is -0.670. The van der Waals surface area contributed by atoms with Gasteiger partial charge in [-0.05, 0) is 34.9 Å². The van der Waals surface area contributed by atoms with Crippen molar-refractivity contribution < 1.29 is 10.8 Å². The lowest BCUT2D eigenvalue weighted by Crippen LogP contribution is -2.74. The van der Waals surface area contributed by atoms with Gasteiger partial charge < -0.3 is 10.8 Å². The fourth-order valence-electron chi connectivity index (χ4n) is 2.86. The third-order valence-electron chi connectivity index (χ3n) is 4.03. The lowest BCUT2D eigenvalue weighted by atomic mass is 9.69. The molecule has 0 amide bonds. The van der Waals surface area contributed by atoms with Crippen molar-refractivity contribution in [2.75, 3.05) is 0 Å². The monoisotopic (exact) mass is 266 g/mol. The number of thioether (sulfide) groups is 1. The first kappa shape index (κ1) is 13.8. The summed E-state index contributed by atoms with van der Waals surface area (Å²) in [6.07, 6.45) is 1.07. The third kappa shape index (κ3) is 2.39. The van der Waals surface area contributed by atoms with Crippen molar-refractivity contribution in [2.45, 2.75) is 56.1 Å². The predicted molar refractivity (Wildman–Crippen MR) is 78.0 cm³/mol. The normalized spacial score (nSPS) is 26.1. The fraction of sp³-hybridized carbons (Fsp3) is 0.600. The predicted octanol–water partition coefficient (Wildman–Crippen LogP) is 2.35. The molecule has 1 aromatic rings. The highest BCUT2D eigenvalue weighted by Crippen LogP contribution is 2.41. The van der Waals surface area contributed by atoms with Gasteiger partial charge in [-0.3, -0.25) is 0 Å². The van der Waals surface area contributed by atoms with Crippen molar-refractivity contribution in [3.8, 4) is 5.75 Å². The molecule has 4 N–H and O–H groups in total. The second-order valence-corrected chi connectivity index (χ2v) is 7.92. The molecular weight excluding hydrogens is 242 g/mol. The molecule has 0 bridgehead atoms. The van der Waals surface area contributed by atoms with Gasteiger partial charge in [0.05, 0.1) is 5.25 Å². The number of hydrogen-bond donors (Lipinski definition) is 2. The molecule has 0 aromatic heterocycles. The largest absolute Gasteiger partial charge is 0.508 e. The zero-order valence-corrected chi connectivity index (χ0v) is 12.6. The molecule has 0 radical (unpaired) electrons. The molecule has 0 heterocycles. The Morgan fingerprint density at radius 3 is 2.67 bits per heavy atom. The molecule has 2 atom stereocenters. The highest BCUT2D eigenvalue weighted by atomic mass is 32.2. The van der Waals surface area contributed by atoms with Gasteiger partial charge in [-0.2, -0.15) is 0 Å². The number of aromatic hydroxyl groups is 1. The Balaban J connectivity index is 2.40. The molecular formula is C15H24NOS+. The van der Waals surface area contributed by atoms with Gasteiger partial charge in [0.2, 0.25) is 0 Å². The molecule has 2 unspecified atom stereocenters. The molecule has 100 valence electrons. The summed E-state index contributed by atoms with van der Waals surface area (Å²) in [4.78, 5) is 0. The second-order valence-electron chi connectivity index (χ2n) is 6.10. The lowest BCUT2D eigenvalue weighted by molar-refractivity contribution is -0.435. The van der Waals surface area contributed by atoms with Crippen molar-refractivity contribution in [2.24, 2.45) is 0 Å². The van der Waals surface area contributed by atoms with E-state index in [-0.39, 0.29) is 5.41 Å². The van der Waals surface area contributed by atoms with E-state index in [1.165, 1.54) is 11.1 Å². The maximum atomic E-state index is 9.69. The molecule has 1 aromatic carbocycles. The first-order valence-electron chi connectivity index (χ1n) is 6.63. The Morgan fingerprint density at radius 2 is 2.06 bits per heavy atom. The maximum Gasteiger partial charge on any atom is 0.115 e. The first-order valence-corrected chi connectivity index (χ1v) is 7.57. The first-order chi connectivity index (χ1) is 8.32. The summed E-state index contributed by atoms with van der Waals surface area (Å²) in [5.41, 5.74) is 7.08. The van der Waals surface area contributed by atoms with Crippen LogP contribution in [0.25, 0.3) is 0 Å². The van der Waals surface area contributed by atoms with Crippen LogP contribution in [-0.2, 0) is 11.8 Å². The van der Waals surface area contributed by atoms with Gasteiger partial charge in [0, 0.05) is 5.41 Å². The van der Waals surface area contributed by atoms with Crippen LogP contribution in [0.3, 0.4) is 0 Å².